The Bertz CT molecular complexity index is 652. The molecule has 0 radical (unpaired) electrons. The number of Topliss-reactive ketones (excluding diaryl/α,β-unsaturated/α-hetero) is 1. The lowest BCUT2D eigenvalue weighted by Gasteiger charge is -2.13. The maximum Gasteiger partial charge on any atom is 0.251 e. The third kappa shape index (κ3) is 3.86. The number of nitrogens with one attached hydrogen (secondary N) is 1. The molecule has 6 heteroatoms. The van der Waals surface area contributed by atoms with E-state index < -0.39 is 0 Å². The number of aromatic hydroxyl groups is 1. The predicted octanol–water partition coefficient (Wildman–Crippen LogP) is 3.03. The first-order chi connectivity index (χ1) is 9.97. The summed E-state index contributed by atoms with van der Waals surface area (Å²) in [4.78, 5) is 23.8. The Balaban J connectivity index is 1.95. The third-order valence-electron chi connectivity index (χ3n) is 2.87. The van der Waals surface area contributed by atoms with Gasteiger partial charge in [0.2, 0.25) is 0 Å². The van der Waals surface area contributed by atoms with Crippen molar-refractivity contribution in [2.24, 2.45) is 0 Å². The Labute approximate surface area is 126 Å². The highest BCUT2D eigenvalue weighted by molar-refractivity contribution is 6.32. The molecule has 0 saturated heterocycles. The number of hydrogen-bond donors (Lipinski definition) is 2. The molecule has 1 aromatic carbocycles. The van der Waals surface area contributed by atoms with E-state index in [0.29, 0.717) is 5.56 Å². The molecule has 1 amide bonds. The van der Waals surface area contributed by atoms with Crippen molar-refractivity contribution < 1.29 is 19.1 Å². The fourth-order valence-corrected chi connectivity index (χ4v) is 2.00. The van der Waals surface area contributed by atoms with Crippen LogP contribution in [-0.2, 0) is 0 Å². The van der Waals surface area contributed by atoms with Crippen LogP contribution in [0.1, 0.15) is 34.3 Å². The third-order valence-corrected chi connectivity index (χ3v) is 3.18. The van der Waals surface area contributed by atoms with Crippen LogP contribution in [-0.4, -0.2) is 22.8 Å². The molecule has 0 saturated carbocycles. The van der Waals surface area contributed by atoms with E-state index in [1.54, 1.807) is 19.1 Å². The van der Waals surface area contributed by atoms with E-state index in [0.717, 1.165) is 0 Å². The zero-order chi connectivity index (χ0) is 15.4. The fourth-order valence-electron chi connectivity index (χ4n) is 1.82. The van der Waals surface area contributed by atoms with Crippen LogP contribution in [0.15, 0.2) is 41.0 Å². The lowest BCUT2D eigenvalue weighted by molar-refractivity contribution is 0.0907. The molecule has 0 spiro atoms. The molecule has 0 aliphatic rings. The van der Waals surface area contributed by atoms with E-state index in [1.165, 1.54) is 24.5 Å². The molecule has 1 heterocycles. The summed E-state index contributed by atoms with van der Waals surface area (Å²) >= 11 is 5.75. The van der Waals surface area contributed by atoms with Crippen molar-refractivity contribution >= 4 is 23.3 Å². The SMILES string of the molecule is C[C@@H](CC(=O)c1ccco1)NC(=O)c1ccc(O)c(Cl)c1. The Morgan fingerprint density at radius 1 is 1.38 bits per heavy atom. The van der Waals surface area contributed by atoms with Gasteiger partial charge in [0.15, 0.2) is 11.5 Å². The van der Waals surface area contributed by atoms with Crippen LogP contribution in [0, 0.1) is 0 Å². The molecule has 0 fully saturated rings. The average molecular weight is 308 g/mol. The molecular formula is C15H14ClNO4. The molecule has 2 aromatic rings. The van der Waals surface area contributed by atoms with Crippen molar-refractivity contribution in [2.75, 3.05) is 0 Å². The molecule has 21 heavy (non-hydrogen) atoms. The smallest absolute Gasteiger partial charge is 0.251 e. The number of furan rings is 1. The molecule has 0 aliphatic carbocycles. The zero-order valence-electron chi connectivity index (χ0n) is 11.3. The van der Waals surface area contributed by atoms with Crippen LogP contribution in [0.5, 0.6) is 5.75 Å². The second kappa shape index (κ2) is 6.45. The van der Waals surface area contributed by atoms with Crippen LogP contribution in [0.25, 0.3) is 0 Å². The van der Waals surface area contributed by atoms with Gasteiger partial charge in [-0.25, -0.2) is 0 Å². The van der Waals surface area contributed by atoms with Gasteiger partial charge >= 0.3 is 0 Å². The molecule has 0 bridgehead atoms. The predicted molar refractivity (Wildman–Crippen MR) is 77.7 cm³/mol. The number of ketones is 1. The number of amides is 1. The average Bonchev–Trinajstić information content (AvgIpc) is 2.95. The number of carbonyl (C=O) groups is 2. The number of hydrogen-bond acceptors (Lipinski definition) is 4. The first kappa shape index (κ1) is 15.1. The lowest BCUT2D eigenvalue weighted by Crippen LogP contribution is -2.34. The van der Waals surface area contributed by atoms with Crippen molar-refractivity contribution in [3.05, 3.63) is 52.9 Å². The maximum atomic E-state index is 12.0. The molecule has 0 aliphatic heterocycles. The minimum atomic E-state index is -0.364. The van der Waals surface area contributed by atoms with Crippen molar-refractivity contribution in [2.45, 2.75) is 19.4 Å². The van der Waals surface area contributed by atoms with E-state index in [1.807, 2.05) is 0 Å². The largest absolute Gasteiger partial charge is 0.506 e. The summed E-state index contributed by atoms with van der Waals surface area (Å²) in [7, 11) is 0. The van der Waals surface area contributed by atoms with Gasteiger partial charge in [0.1, 0.15) is 5.75 Å². The molecule has 2 N–H and O–H groups in total. The van der Waals surface area contributed by atoms with Gasteiger partial charge in [-0.2, -0.15) is 0 Å². The van der Waals surface area contributed by atoms with Gasteiger partial charge in [-0.3, -0.25) is 9.59 Å². The Morgan fingerprint density at radius 2 is 2.14 bits per heavy atom. The summed E-state index contributed by atoms with van der Waals surface area (Å²) in [6.45, 7) is 1.72. The van der Waals surface area contributed by atoms with Crippen molar-refractivity contribution in [1.82, 2.24) is 5.32 Å². The normalized spacial score (nSPS) is 11.9. The second-order valence-corrected chi connectivity index (χ2v) is 5.05. The monoisotopic (exact) mass is 307 g/mol. The molecule has 110 valence electrons. The summed E-state index contributed by atoms with van der Waals surface area (Å²) in [6.07, 6.45) is 1.56. The summed E-state index contributed by atoms with van der Waals surface area (Å²) in [6, 6.07) is 7.02. The quantitative estimate of drug-likeness (QED) is 0.832. The van der Waals surface area contributed by atoms with Crippen molar-refractivity contribution in [3.8, 4) is 5.75 Å². The molecule has 5 nitrogen and oxygen atoms in total. The van der Waals surface area contributed by atoms with Crippen LogP contribution in [0.2, 0.25) is 5.02 Å². The van der Waals surface area contributed by atoms with Gasteiger partial charge in [-0.05, 0) is 37.3 Å². The number of halogens is 1. The Kier molecular flexibility index (Phi) is 4.65. The molecule has 1 atom stereocenters. The first-order valence-electron chi connectivity index (χ1n) is 6.33. The van der Waals surface area contributed by atoms with Crippen LogP contribution >= 0.6 is 11.6 Å². The zero-order valence-corrected chi connectivity index (χ0v) is 12.1. The highest BCUT2D eigenvalue weighted by atomic mass is 35.5. The Hall–Kier alpha value is -2.27. The standard InChI is InChI=1S/C15H14ClNO4/c1-9(7-13(19)14-3-2-6-21-14)17-15(20)10-4-5-12(18)11(16)8-10/h2-6,8-9,18H,7H2,1H3,(H,17,20)/t9-/m0/s1. The van der Waals surface area contributed by atoms with E-state index in [2.05, 4.69) is 5.32 Å². The minimum Gasteiger partial charge on any atom is -0.506 e. The highest BCUT2D eigenvalue weighted by Crippen LogP contribution is 2.23. The van der Waals surface area contributed by atoms with Gasteiger partial charge in [-0.15, -0.1) is 0 Å². The van der Waals surface area contributed by atoms with Gasteiger partial charge in [0.05, 0.1) is 11.3 Å². The van der Waals surface area contributed by atoms with Crippen LogP contribution < -0.4 is 5.32 Å². The number of benzene rings is 1. The van der Waals surface area contributed by atoms with E-state index in [-0.39, 0.29) is 40.7 Å². The van der Waals surface area contributed by atoms with E-state index in [4.69, 9.17) is 16.0 Å². The number of phenolic OH excluding ortho intramolecular Hbond substituents is 1. The van der Waals surface area contributed by atoms with Gasteiger partial charge in [0.25, 0.3) is 5.91 Å². The van der Waals surface area contributed by atoms with Crippen LogP contribution in [0.4, 0.5) is 0 Å². The van der Waals surface area contributed by atoms with Crippen LogP contribution in [0.3, 0.4) is 0 Å². The van der Waals surface area contributed by atoms with Gasteiger partial charge in [-0.1, -0.05) is 11.6 Å². The topological polar surface area (TPSA) is 79.5 Å². The molecule has 2 rings (SSSR count). The second-order valence-electron chi connectivity index (χ2n) is 4.65. The minimum absolute atomic E-state index is 0.0886. The number of carbonyl (C=O) groups excluding carboxylic acids is 2. The molecule has 1 aromatic heterocycles. The number of phenols is 1. The summed E-state index contributed by atoms with van der Waals surface area (Å²) in [5.74, 6) is -0.369. The van der Waals surface area contributed by atoms with E-state index >= 15 is 0 Å². The summed E-state index contributed by atoms with van der Waals surface area (Å²) in [5.41, 5.74) is 0.315. The fraction of sp³-hybridized carbons (Fsp3) is 0.200. The highest BCUT2D eigenvalue weighted by Gasteiger charge is 2.16. The summed E-state index contributed by atoms with van der Waals surface area (Å²) < 4.78 is 5.01. The molecular weight excluding hydrogens is 294 g/mol. The van der Waals surface area contributed by atoms with Gasteiger partial charge < -0.3 is 14.8 Å². The Morgan fingerprint density at radius 3 is 2.76 bits per heavy atom. The van der Waals surface area contributed by atoms with E-state index in [9.17, 15) is 14.7 Å². The van der Waals surface area contributed by atoms with Gasteiger partial charge in [0, 0.05) is 18.0 Å². The summed E-state index contributed by atoms with van der Waals surface area (Å²) in [5, 5.41) is 12.1. The van der Waals surface area contributed by atoms with Crippen molar-refractivity contribution in [3.63, 3.8) is 0 Å². The lowest BCUT2D eigenvalue weighted by atomic mass is 10.1. The molecule has 0 unspecified atom stereocenters. The maximum absolute atomic E-state index is 12.0. The number of rotatable bonds is 5. The first-order valence-corrected chi connectivity index (χ1v) is 6.71. The van der Waals surface area contributed by atoms with Crippen molar-refractivity contribution in [1.29, 1.82) is 0 Å².